The van der Waals surface area contributed by atoms with E-state index in [2.05, 4.69) is 15.3 Å². The maximum atomic E-state index is 13.1. The number of nitrogens with zero attached hydrogens (tertiary/aromatic N) is 3. The highest BCUT2D eigenvalue weighted by atomic mass is 19.4. The van der Waals surface area contributed by atoms with Crippen LogP contribution < -0.4 is 15.8 Å². The van der Waals surface area contributed by atoms with E-state index >= 15 is 0 Å². The predicted octanol–water partition coefficient (Wildman–Crippen LogP) is 3.14. The fraction of sp³-hybridized carbons (Fsp3) is 0.304. The van der Waals surface area contributed by atoms with Gasteiger partial charge in [0.2, 0.25) is 11.5 Å². The minimum atomic E-state index is -4.60. The van der Waals surface area contributed by atoms with Gasteiger partial charge in [-0.25, -0.2) is 4.79 Å². The first-order valence-electron chi connectivity index (χ1n) is 10.9. The molecule has 1 atom stereocenters. The molecule has 35 heavy (non-hydrogen) atoms. The zero-order chi connectivity index (χ0) is 24.7. The Hall–Kier alpha value is -4.09. The van der Waals surface area contributed by atoms with Crippen molar-refractivity contribution in [3.8, 4) is 0 Å². The lowest BCUT2D eigenvalue weighted by Gasteiger charge is -2.26. The number of cyclic esters (lactones) is 1. The maximum Gasteiger partial charge on any atom is 0.416 e. The number of carbonyl (C=O) groups excluding carboxylic acids is 3. The van der Waals surface area contributed by atoms with E-state index in [-0.39, 0.29) is 29.6 Å². The Morgan fingerprint density at radius 3 is 2.69 bits per heavy atom. The summed E-state index contributed by atoms with van der Waals surface area (Å²) in [6.45, 7) is 1.14. The molecular formula is C23H20F3N5O4. The van der Waals surface area contributed by atoms with Crippen LogP contribution >= 0.6 is 0 Å². The average Bonchev–Trinajstić information content (AvgIpc) is 3.40. The summed E-state index contributed by atoms with van der Waals surface area (Å²) in [5.74, 6) is -1.03. The van der Waals surface area contributed by atoms with E-state index in [1.54, 1.807) is 22.8 Å². The third kappa shape index (κ3) is 4.38. The summed E-state index contributed by atoms with van der Waals surface area (Å²) in [6, 6.07) is 8.83. The van der Waals surface area contributed by atoms with Gasteiger partial charge in [-0.2, -0.15) is 18.2 Å². The second-order valence-electron chi connectivity index (χ2n) is 8.30. The molecule has 2 N–H and O–H groups in total. The average molecular weight is 487 g/mol. The molecule has 9 nitrogen and oxygen atoms in total. The molecule has 1 aromatic heterocycles. The number of anilines is 1. The second kappa shape index (κ2) is 8.60. The third-order valence-electron chi connectivity index (χ3n) is 5.96. The number of hydrogen-bond acceptors (Lipinski definition) is 4. The Kier molecular flexibility index (Phi) is 5.58. The van der Waals surface area contributed by atoms with Crippen molar-refractivity contribution in [3.63, 3.8) is 0 Å². The van der Waals surface area contributed by atoms with Crippen molar-refractivity contribution in [2.45, 2.75) is 25.1 Å². The van der Waals surface area contributed by atoms with Gasteiger partial charge in [-0.15, -0.1) is 0 Å². The van der Waals surface area contributed by atoms with Crippen LogP contribution in [0.15, 0.2) is 47.5 Å². The van der Waals surface area contributed by atoms with Crippen molar-refractivity contribution in [3.05, 3.63) is 59.2 Å². The molecule has 0 aliphatic carbocycles. The summed E-state index contributed by atoms with van der Waals surface area (Å²) in [6.07, 6.45) is -4.24. The highest BCUT2D eigenvalue weighted by molar-refractivity contribution is 5.95. The van der Waals surface area contributed by atoms with E-state index in [4.69, 9.17) is 4.74 Å². The lowest BCUT2D eigenvalue weighted by Crippen LogP contribution is -2.37. The van der Waals surface area contributed by atoms with Crippen LogP contribution in [0.1, 0.15) is 34.8 Å². The second-order valence-corrected chi connectivity index (χ2v) is 8.30. The van der Waals surface area contributed by atoms with Crippen LogP contribution in [0.2, 0.25) is 0 Å². The minimum absolute atomic E-state index is 0.0854. The summed E-state index contributed by atoms with van der Waals surface area (Å²) in [5, 5.41) is 2.73. The zero-order valence-corrected chi connectivity index (χ0v) is 18.3. The number of rotatable bonds is 3. The summed E-state index contributed by atoms with van der Waals surface area (Å²) in [7, 11) is 0. The summed E-state index contributed by atoms with van der Waals surface area (Å²) < 4.78 is 46.1. The number of aromatic nitrogens is 2. The lowest BCUT2D eigenvalue weighted by molar-refractivity contribution is -0.137. The van der Waals surface area contributed by atoms with Crippen molar-refractivity contribution < 1.29 is 32.3 Å². The van der Waals surface area contributed by atoms with E-state index in [0.29, 0.717) is 42.8 Å². The van der Waals surface area contributed by atoms with E-state index < -0.39 is 23.7 Å². The van der Waals surface area contributed by atoms with Gasteiger partial charge in [0.1, 0.15) is 0 Å². The summed E-state index contributed by atoms with van der Waals surface area (Å²) >= 11 is 0. The molecule has 0 saturated carbocycles. The number of benzene rings is 2. The smallest absolute Gasteiger partial charge is 0.416 e. The van der Waals surface area contributed by atoms with Crippen molar-refractivity contribution in [2.24, 2.45) is 4.99 Å². The van der Waals surface area contributed by atoms with Gasteiger partial charge in [-0.3, -0.25) is 14.5 Å². The number of fused-ring (bicyclic) bond motifs is 1. The number of hydrogen-bond donors (Lipinski definition) is 2. The van der Waals surface area contributed by atoms with Gasteiger partial charge in [0.05, 0.1) is 29.2 Å². The van der Waals surface area contributed by atoms with E-state index in [1.165, 1.54) is 11.0 Å². The fourth-order valence-electron chi connectivity index (χ4n) is 4.30. The first-order valence-corrected chi connectivity index (χ1v) is 10.9. The minimum Gasteiger partial charge on any atom is -0.449 e. The standard InChI is InChI=1S/C23H20F3N5O4/c24-23(25,26)14-4-1-3-13(9-14)20(33)29-21-28-17-10-15(30-7-2-8-35-22(30)34)5-6-18(17)31(21)16-11-19(32)27-12-16/h1,3-6,9-10,16H,2,7-8,11-12H2,(H,27,32)(H,28,29,33). The number of ether oxygens (including phenoxy) is 1. The zero-order valence-electron chi connectivity index (χ0n) is 18.3. The van der Waals surface area contributed by atoms with Crippen molar-refractivity contribution in [2.75, 3.05) is 24.6 Å². The molecule has 2 aromatic carbocycles. The van der Waals surface area contributed by atoms with Gasteiger partial charge in [0, 0.05) is 30.8 Å². The topological polar surface area (TPSA) is 109 Å². The first-order chi connectivity index (χ1) is 16.7. The molecule has 12 heteroatoms. The highest BCUT2D eigenvalue weighted by Gasteiger charge is 2.31. The first kappa shape index (κ1) is 22.7. The molecule has 0 radical (unpaired) electrons. The van der Waals surface area contributed by atoms with Gasteiger partial charge < -0.3 is 19.6 Å². The van der Waals surface area contributed by atoms with Crippen LogP contribution in [0.3, 0.4) is 0 Å². The van der Waals surface area contributed by atoms with E-state index in [9.17, 15) is 27.6 Å². The molecule has 0 spiro atoms. The maximum absolute atomic E-state index is 13.1. The molecule has 5 rings (SSSR count). The summed E-state index contributed by atoms with van der Waals surface area (Å²) in [5.41, 5.74) is 0.649. The van der Waals surface area contributed by atoms with Crippen molar-refractivity contribution in [1.82, 2.24) is 14.9 Å². The van der Waals surface area contributed by atoms with Gasteiger partial charge in [-0.1, -0.05) is 6.07 Å². The highest BCUT2D eigenvalue weighted by Crippen LogP contribution is 2.30. The lowest BCUT2D eigenvalue weighted by atomic mass is 10.1. The Balaban J connectivity index is 1.60. The molecule has 2 aliphatic rings. The number of H-pyrrole nitrogens is 1. The van der Waals surface area contributed by atoms with E-state index in [1.807, 2.05) is 0 Å². The Morgan fingerprint density at radius 1 is 1.14 bits per heavy atom. The van der Waals surface area contributed by atoms with Gasteiger partial charge in [-0.05, 0) is 42.8 Å². The largest absolute Gasteiger partial charge is 0.449 e. The number of amides is 3. The monoisotopic (exact) mass is 487 g/mol. The number of halogens is 3. The van der Waals surface area contributed by atoms with E-state index in [0.717, 1.165) is 18.2 Å². The third-order valence-corrected chi connectivity index (χ3v) is 5.96. The molecule has 1 unspecified atom stereocenters. The van der Waals surface area contributed by atoms with Crippen LogP contribution in [-0.4, -0.2) is 47.2 Å². The van der Waals surface area contributed by atoms with Crippen LogP contribution in [-0.2, 0) is 15.7 Å². The molecule has 0 bridgehead atoms. The van der Waals surface area contributed by atoms with Crippen molar-refractivity contribution in [1.29, 1.82) is 0 Å². The number of aromatic amines is 1. The normalized spacial score (nSPS) is 19.2. The fourth-order valence-corrected chi connectivity index (χ4v) is 4.30. The number of alkyl halides is 3. The molecule has 3 amide bonds. The molecule has 3 heterocycles. The molecule has 3 aromatic rings. The Morgan fingerprint density at radius 2 is 1.97 bits per heavy atom. The SMILES string of the molecule is O=C1CC(n2c(=NC(=O)c3cccc(C(F)(F)F)c3)[nH]c3cc(N4CCCOC4=O)ccc32)CN1. The summed E-state index contributed by atoms with van der Waals surface area (Å²) in [4.78, 5) is 45.4. The number of nitrogens with one attached hydrogen (secondary N) is 2. The van der Waals surface area contributed by atoms with Crippen LogP contribution in [0.4, 0.5) is 23.7 Å². The van der Waals surface area contributed by atoms with Crippen LogP contribution in [0.5, 0.6) is 0 Å². The van der Waals surface area contributed by atoms with Crippen LogP contribution in [0, 0.1) is 0 Å². The van der Waals surface area contributed by atoms with Gasteiger partial charge >= 0.3 is 12.3 Å². The van der Waals surface area contributed by atoms with Crippen molar-refractivity contribution >= 4 is 34.6 Å². The molecule has 2 fully saturated rings. The molecule has 2 aliphatic heterocycles. The quantitative estimate of drug-likeness (QED) is 0.592. The predicted molar refractivity (Wildman–Crippen MR) is 118 cm³/mol. The molecular weight excluding hydrogens is 467 g/mol. The number of carbonyl (C=O) groups is 3. The molecule has 2 saturated heterocycles. The molecule has 182 valence electrons. The number of imidazole rings is 1. The Bertz CT molecular complexity index is 1410. The van der Waals surface area contributed by atoms with Crippen LogP contribution in [0.25, 0.3) is 11.0 Å². The van der Waals surface area contributed by atoms with Gasteiger partial charge in [0.25, 0.3) is 5.91 Å². The van der Waals surface area contributed by atoms with Gasteiger partial charge in [0.15, 0.2) is 0 Å². The Labute approximate surface area is 196 Å².